The first kappa shape index (κ1) is 25.6. The van der Waals surface area contributed by atoms with E-state index in [2.05, 4.69) is 4.57 Å². The first-order valence-electron chi connectivity index (χ1n) is 12.4. The SMILES string of the molecule is Cc1ccccc1OCCCn1cc(/C=C2\SC(=O)N(CCOc3ccc(F)cc3)C2=O)c2ccccc21. The molecule has 1 aromatic heterocycles. The van der Waals surface area contributed by atoms with E-state index in [9.17, 15) is 14.0 Å². The summed E-state index contributed by atoms with van der Waals surface area (Å²) in [5, 5.41) is 0.680. The molecule has 2 heterocycles. The van der Waals surface area contributed by atoms with Crippen molar-refractivity contribution in [1.29, 1.82) is 0 Å². The van der Waals surface area contributed by atoms with Crippen molar-refractivity contribution in [2.45, 2.75) is 19.9 Å². The number of amides is 2. The Bertz CT molecular complexity index is 1500. The van der Waals surface area contributed by atoms with Crippen molar-refractivity contribution in [3.63, 3.8) is 0 Å². The van der Waals surface area contributed by atoms with E-state index in [1.54, 1.807) is 6.08 Å². The van der Waals surface area contributed by atoms with E-state index in [1.165, 1.54) is 29.2 Å². The average Bonchev–Trinajstić information content (AvgIpc) is 3.40. The molecule has 1 fully saturated rings. The number of hydrogen-bond donors (Lipinski definition) is 0. The van der Waals surface area contributed by atoms with Gasteiger partial charge < -0.3 is 14.0 Å². The van der Waals surface area contributed by atoms with Gasteiger partial charge in [0.25, 0.3) is 11.1 Å². The Labute approximate surface area is 224 Å². The Morgan fingerprint density at radius 1 is 0.895 bits per heavy atom. The summed E-state index contributed by atoms with van der Waals surface area (Å²) < 4.78 is 26.7. The molecule has 1 aliphatic heterocycles. The molecule has 38 heavy (non-hydrogen) atoms. The van der Waals surface area contributed by atoms with Gasteiger partial charge in [0.15, 0.2) is 0 Å². The average molecular weight is 531 g/mol. The molecule has 0 atom stereocenters. The number of rotatable bonds is 10. The topological polar surface area (TPSA) is 60.8 Å². The number of aromatic nitrogens is 1. The molecular weight excluding hydrogens is 503 g/mol. The van der Waals surface area contributed by atoms with Gasteiger partial charge >= 0.3 is 0 Å². The van der Waals surface area contributed by atoms with Crippen molar-refractivity contribution in [3.05, 3.63) is 101 Å². The zero-order valence-electron chi connectivity index (χ0n) is 20.9. The lowest BCUT2D eigenvalue weighted by atomic mass is 10.1. The van der Waals surface area contributed by atoms with E-state index >= 15 is 0 Å². The number of aryl methyl sites for hydroxylation is 2. The number of benzene rings is 3. The minimum atomic E-state index is -0.356. The van der Waals surface area contributed by atoms with Crippen LogP contribution < -0.4 is 9.47 Å². The zero-order chi connectivity index (χ0) is 26.5. The summed E-state index contributed by atoms with van der Waals surface area (Å²) in [7, 11) is 0. The van der Waals surface area contributed by atoms with Gasteiger partial charge in [0.05, 0.1) is 18.1 Å². The minimum absolute atomic E-state index is 0.113. The van der Waals surface area contributed by atoms with Gasteiger partial charge in [-0.15, -0.1) is 0 Å². The third-order valence-corrected chi connectivity index (χ3v) is 7.18. The summed E-state index contributed by atoms with van der Waals surface area (Å²) in [4.78, 5) is 27.1. The Kier molecular flexibility index (Phi) is 7.79. The largest absolute Gasteiger partial charge is 0.493 e. The second-order valence-corrected chi connectivity index (χ2v) is 9.89. The van der Waals surface area contributed by atoms with Crippen molar-refractivity contribution < 1.29 is 23.5 Å². The monoisotopic (exact) mass is 530 g/mol. The van der Waals surface area contributed by atoms with Crippen molar-refractivity contribution in [1.82, 2.24) is 9.47 Å². The fourth-order valence-corrected chi connectivity index (χ4v) is 5.19. The second-order valence-electron chi connectivity index (χ2n) is 8.90. The first-order valence-corrected chi connectivity index (χ1v) is 13.2. The number of carbonyl (C=O) groups is 2. The van der Waals surface area contributed by atoms with E-state index < -0.39 is 0 Å². The summed E-state index contributed by atoms with van der Waals surface area (Å²) in [6.45, 7) is 3.61. The summed E-state index contributed by atoms with van der Waals surface area (Å²) in [6, 6.07) is 21.6. The third-order valence-electron chi connectivity index (χ3n) is 6.27. The van der Waals surface area contributed by atoms with Crippen molar-refractivity contribution >= 4 is 39.9 Å². The molecule has 1 saturated heterocycles. The second kappa shape index (κ2) is 11.6. The van der Waals surface area contributed by atoms with E-state index in [0.717, 1.165) is 52.5 Å². The number of fused-ring (bicyclic) bond motifs is 1. The van der Waals surface area contributed by atoms with Crippen LogP contribution in [0.1, 0.15) is 17.5 Å². The molecule has 4 aromatic rings. The molecule has 2 amide bonds. The highest BCUT2D eigenvalue weighted by Gasteiger charge is 2.35. The molecule has 5 rings (SSSR count). The maximum atomic E-state index is 13.1. The summed E-state index contributed by atoms with van der Waals surface area (Å²) in [5.41, 5.74) is 3.05. The van der Waals surface area contributed by atoms with Gasteiger partial charge in [0.2, 0.25) is 0 Å². The van der Waals surface area contributed by atoms with Crippen molar-refractivity contribution in [2.75, 3.05) is 19.8 Å². The van der Waals surface area contributed by atoms with E-state index in [1.807, 2.05) is 61.7 Å². The number of imide groups is 1. The molecule has 1 aliphatic rings. The van der Waals surface area contributed by atoms with Crippen LogP contribution in [-0.2, 0) is 11.3 Å². The molecule has 194 valence electrons. The number of nitrogens with zero attached hydrogens (tertiary/aromatic N) is 2. The predicted octanol–water partition coefficient (Wildman–Crippen LogP) is 6.67. The number of thioether (sulfide) groups is 1. The Hall–Kier alpha value is -4.04. The van der Waals surface area contributed by atoms with E-state index in [4.69, 9.17) is 9.47 Å². The molecule has 8 heteroatoms. The van der Waals surface area contributed by atoms with Gasteiger partial charge in [-0.2, -0.15) is 0 Å². The lowest BCUT2D eigenvalue weighted by Gasteiger charge is -2.13. The summed E-state index contributed by atoms with van der Waals surface area (Å²) in [6.07, 6.45) is 4.62. The van der Waals surface area contributed by atoms with Crippen LogP contribution in [0.15, 0.2) is 83.9 Å². The Balaban J connectivity index is 1.24. The number of para-hydroxylation sites is 2. The molecule has 0 spiro atoms. The molecule has 0 unspecified atom stereocenters. The van der Waals surface area contributed by atoms with Gasteiger partial charge in [0.1, 0.15) is 23.9 Å². The lowest BCUT2D eigenvalue weighted by molar-refractivity contribution is -0.123. The highest BCUT2D eigenvalue weighted by atomic mass is 32.2. The van der Waals surface area contributed by atoms with Crippen molar-refractivity contribution in [2.24, 2.45) is 0 Å². The maximum absolute atomic E-state index is 13.1. The molecule has 0 aliphatic carbocycles. The molecular formula is C30H27FN2O4S. The predicted molar refractivity (Wildman–Crippen MR) is 148 cm³/mol. The number of carbonyl (C=O) groups excluding carboxylic acids is 2. The highest BCUT2D eigenvalue weighted by molar-refractivity contribution is 8.18. The van der Waals surface area contributed by atoms with Crippen molar-refractivity contribution in [3.8, 4) is 11.5 Å². The maximum Gasteiger partial charge on any atom is 0.293 e. The van der Waals surface area contributed by atoms with Crippen LogP contribution in [-0.4, -0.2) is 40.4 Å². The van der Waals surface area contributed by atoms with Crippen LogP contribution in [0.3, 0.4) is 0 Å². The van der Waals surface area contributed by atoms with Gasteiger partial charge in [-0.1, -0.05) is 36.4 Å². The van der Waals surface area contributed by atoms with Gasteiger partial charge in [-0.25, -0.2) is 4.39 Å². The summed E-state index contributed by atoms with van der Waals surface area (Å²) >= 11 is 0.927. The van der Waals surface area contributed by atoms with Crippen LogP contribution in [0.5, 0.6) is 11.5 Å². The van der Waals surface area contributed by atoms with Crippen LogP contribution in [0, 0.1) is 12.7 Å². The van der Waals surface area contributed by atoms with E-state index in [0.29, 0.717) is 17.3 Å². The molecule has 6 nitrogen and oxygen atoms in total. The molecule has 0 N–H and O–H groups in total. The smallest absolute Gasteiger partial charge is 0.293 e. The zero-order valence-corrected chi connectivity index (χ0v) is 21.7. The van der Waals surface area contributed by atoms with E-state index in [-0.39, 0.29) is 30.1 Å². The van der Waals surface area contributed by atoms with Crippen LogP contribution >= 0.6 is 11.8 Å². The molecule has 0 saturated carbocycles. The fraction of sp³-hybridized carbons (Fsp3) is 0.200. The Morgan fingerprint density at radius 3 is 2.47 bits per heavy atom. The summed E-state index contributed by atoms with van der Waals surface area (Å²) in [5.74, 6) is 0.673. The van der Waals surface area contributed by atoms with Crippen LogP contribution in [0.2, 0.25) is 0 Å². The van der Waals surface area contributed by atoms with Gasteiger partial charge in [0, 0.05) is 29.2 Å². The van der Waals surface area contributed by atoms with Crippen LogP contribution in [0.4, 0.5) is 9.18 Å². The van der Waals surface area contributed by atoms with Gasteiger partial charge in [-0.05, 0) is 73.1 Å². The first-order chi connectivity index (χ1) is 18.5. The fourth-order valence-electron chi connectivity index (χ4n) is 4.33. The number of halogens is 1. The molecule has 3 aromatic carbocycles. The minimum Gasteiger partial charge on any atom is -0.493 e. The van der Waals surface area contributed by atoms with Crippen LogP contribution in [0.25, 0.3) is 17.0 Å². The normalized spacial score (nSPS) is 14.6. The highest BCUT2D eigenvalue weighted by Crippen LogP contribution is 2.34. The molecule has 0 bridgehead atoms. The third kappa shape index (κ3) is 5.75. The standard InChI is InChI=1S/C30H27FN2O4S/c1-21-7-2-5-10-27(21)37-17-6-15-32-20-22(25-8-3-4-9-26(25)32)19-28-29(34)33(30(35)38-28)16-18-36-24-13-11-23(31)12-14-24/h2-5,7-14,19-20H,6,15-18H2,1H3/b28-19-. The lowest BCUT2D eigenvalue weighted by Crippen LogP contribution is -2.32. The number of hydrogen-bond acceptors (Lipinski definition) is 5. The quantitative estimate of drug-likeness (QED) is 0.169. The Morgan fingerprint density at radius 2 is 1.66 bits per heavy atom. The number of ether oxygens (including phenoxy) is 2. The van der Waals surface area contributed by atoms with Gasteiger partial charge in [-0.3, -0.25) is 14.5 Å². The molecule has 0 radical (unpaired) electrons.